The van der Waals surface area contributed by atoms with E-state index in [9.17, 15) is 9.90 Å². The summed E-state index contributed by atoms with van der Waals surface area (Å²) in [4.78, 5) is 12.7. The fourth-order valence-electron chi connectivity index (χ4n) is 2.70. The van der Waals surface area contributed by atoms with Crippen LogP contribution in [0.15, 0.2) is 65.8 Å². The molecule has 0 aliphatic heterocycles. The molecule has 0 unspecified atom stereocenters. The first-order valence-electron chi connectivity index (χ1n) is 8.85. The van der Waals surface area contributed by atoms with Gasteiger partial charge in [-0.05, 0) is 24.0 Å². The third-order valence-electron chi connectivity index (χ3n) is 4.16. The Hall–Kier alpha value is -2.46. The maximum absolute atomic E-state index is 12.7. The van der Waals surface area contributed by atoms with Crippen molar-refractivity contribution in [3.05, 3.63) is 71.8 Å². The highest BCUT2D eigenvalue weighted by atomic mass is 16.3. The molecule has 0 radical (unpaired) electrons. The highest BCUT2D eigenvalue weighted by molar-refractivity contribution is 5.90. The normalized spacial score (nSPS) is 11.6. The molecule has 0 saturated heterocycles. The number of carbonyl (C=O) groups is 1. The Balaban J connectivity index is 2.11. The van der Waals surface area contributed by atoms with Gasteiger partial charge in [0.15, 0.2) is 5.60 Å². The molecule has 2 N–H and O–H groups in total. The average Bonchev–Trinajstić information content (AvgIpc) is 2.67. The molecule has 0 spiro atoms. The number of aliphatic hydroxyl groups is 1. The minimum atomic E-state index is -1.78. The van der Waals surface area contributed by atoms with Gasteiger partial charge in [-0.3, -0.25) is 4.79 Å². The van der Waals surface area contributed by atoms with Gasteiger partial charge in [-0.15, -0.1) is 0 Å². The first kappa shape index (κ1) is 18.9. The third kappa shape index (κ3) is 5.00. The van der Waals surface area contributed by atoms with Crippen molar-refractivity contribution >= 4 is 12.1 Å². The smallest absolute Gasteiger partial charge is 0.281 e. The second kappa shape index (κ2) is 9.74. The highest BCUT2D eigenvalue weighted by Gasteiger charge is 2.39. The number of nitrogens with one attached hydrogen (secondary N) is 1. The number of unbranched alkanes of at least 4 members (excludes halogenated alkanes) is 4. The number of nitrogens with zero attached hydrogens (tertiary/aromatic N) is 1. The van der Waals surface area contributed by atoms with Crippen molar-refractivity contribution in [1.82, 2.24) is 5.43 Å². The Morgan fingerprint density at radius 3 is 2.08 bits per heavy atom. The molecule has 4 heteroatoms. The molecular weight excluding hydrogens is 312 g/mol. The van der Waals surface area contributed by atoms with Crippen LogP contribution in [0.5, 0.6) is 0 Å². The van der Waals surface area contributed by atoms with Crippen molar-refractivity contribution in [2.45, 2.75) is 44.6 Å². The van der Waals surface area contributed by atoms with Crippen molar-refractivity contribution in [2.24, 2.45) is 5.10 Å². The van der Waals surface area contributed by atoms with Gasteiger partial charge in [-0.25, -0.2) is 5.43 Å². The first-order chi connectivity index (χ1) is 12.2. The topological polar surface area (TPSA) is 61.7 Å². The van der Waals surface area contributed by atoms with Gasteiger partial charge in [0.25, 0.3) is 5.91 Å². The maximum Gasteiger partial charge on any atom is 0.281 e. The van der Waals surface area contributed by atoms with Crippen LogP contribution in [-0.2, 0) is 10.4 Å². The molecule has 25 heavy (non-hydrogen) atoms. The first-order valence-corrected chi connectivity index (χ1v) is 8.85. The van der Waals surface area contributed by atoms with E-state index in [1.807, 2.05) is 12.1 Å². The zero-order valence-electron chi connectivity index (χ0n) is 14.7. The Morgan fingerprint density at radius 2 is 1.56 bits per heavy atom. The fraction of sp³-hybridized carbons (Fsp3) is 0.333. The Morgan fingerprint density at radius 1 is 1.00 bits per heavy atom. The number of hydrogen-bond donors (Lipinski definition) is 2. The fourth-order valence-corrected chi connectivity index (χ4v) is 2.70. The van der Waals surface area contributed by atoms with Crippen LogP contribution in [0.3, 0.4) is 0 Å². The lowest BCUT2D eigenvalue weighted by molar-refractivity contribution is -0.136. The molecule has 0 heterocycles. The number of hydrogen-bond acceptors (Lipinski definition) is 3. The van der Waals surface area contributed by atoms with E-state index in [0.717, 1.165) is 19.3 Å². The van der Waals surface area contributed by atoms with Gasteiger partial charge in [0.2, 0.25) is 0 Å². The molecule has 1 amide bonds. The Bertz CT molecular complexity index is 629. The molecule has 0 bridgehead atoms. The van der Waals surface area contributed by atoms with Crippen LogP contribution >= 0.6 is 0 Å². The van der Waals surface area contributed by atoms with E-state index in [2.05, 4.69) is 17.5 Å². The molecule has 0 saturated carbocycles. The summed E-state index contributed by atoms with van der Waals surface area (Å²) in [6.07, 6.45) is 7.12. The van der Waals surface area contributed by atoms with Crippen molar-refractivity contribution in [2.75, 3.05) is 0 Å². The molecule has 0 aliphatic carbocycles. The number of carbonyl (C=O) groups excluding carboxylic acids is 1. The molecule has 0 fully saturated rings. The second-order valence-electron chi connectivity index (χ2n) is 6.04. The molecule has 2 aromatic carbocycles. The maximum atomic E-state index is 12.7. The zero-order chi connectivity index (χ0) is 18.0. The van der Waals surface area contributed by atoms with E-state index in [1.165, 1.54) is 12.8 Å². The lowest BCUT2D eigenvalue weighted by Crippen LogP contribution is -2.43. The molecule has 2 aromatic rings. The van der Waals surface area contributed by atoms with Crippen LogP contribution in [-0.4, -0.2) is 17.2 Å². The summed E-state index contributed by atoms with van der Waals surface area (Å²) in [6.45, 7) is 2.17. The van der Waals surface area contributed by atoms with Crippen LogP contribution < -0.4 is 5.43 Å². The third-order valence-corrected chi connectivity index (χ3v) is 4.16. The van der Waals surface area contributed by atoms with Crippen LogP contribution in [0.1, 0.15) is 50.2 Å². The average molecular weight is 338 g/mol. The lowest BCUT2D eigenvalue weighted by Gasteiger charge is -2.27. The number of rotatable bonds is 9. The zero-order valence-corrected chi connectivity index (χ0v) is 14.7. The number of benzene rings is 2. The standard InChI is InChI=1S/C21H26N2O2/c1-2-3-4-5-12-17-22-23-20(24)21(25,18-13-8-6-9-14-18)19-15-10-7-11-16-19/h6-11,13-17,25H,2-5,12H2,1H3,(H,23,24). The molecule has 2 rings (SSSR count). The minimum absolute atomic E-state index is 0.511. The SMILES string of the molecule is CCCCCCC=NNC(=O)C(O)(c1ccccc1)c1ccccc1. The monoisotopic (exact) mass is 338 g/mol. The van der Waals surface area contributed by atoms with Crippen LogP contribution in [0.4, 0.5) is 0 Å². The minimum Gasteiger partial charge on any atom is -0.372 e. The van der Waals surface area contributed by atoms with E-state index in [4.69, 9.17) is 0 Å². The van der Waals surface area contributed by atoms with E-state index in [1.54, 1.807) is 54.7 Å². The summed E-state index contributed by atoms with van der Waals surface area (Å²) >= 11 is 0. The predicted molar refractivity (Wildman–Crippen MR) is 101 cm³/mol. The van der Waals surface area contributed by atoms with Gasteiger partial charge in [0.1, 0.15) is 0 Å². The summed E-state index contributed by atoms with van der Waals surface area (Å²) in [5.74, 6) is -0.560. The van der Waals surface area contributed by atoms with Gasteiger partial charge >= 0.3 is 0 Å². The highest BCUT2D eigenvalue weighted by Crippen LogP contribution is 2.29. The summed E-state index contributed by atoms with van der Waals surface area (Å²) < 4.78 is 0. The number of amides is 1. The van der Waals surface area contributed by atoms with E-state index < -0.39 is 11.5 Å². The van der Waals surface area contributed by atoms with Crippen LogP contribution in [0.2, 0.25) is 0 Å². The van der Waals surface area contributed by atoms with Crippen molar-refractivity contribution in [3.63, 3.8) is 0 Å². The summed E-state index contributed by atoms with van der Waals surface area (Å²) in [7, 11) is 0. The van der Waals surface area contributed by atoms with E-state index >= 15 is 0 Å². The van der Waals surface area contributed by atoms with Gasteiger partial charge in [0, 0.05) is 6.21 Å². The van der Waals surface area contributed by atoms with Gasteiger partial charge in [-0.2, -0.15) is 5.10 Å². The lowest BCUT2D eigenvalue weighted by atomic mass is 9.85. The summed E-state index contributed by atoms with van der Waals surface area (Å²) in [6, 6.07) is 17.8. The van der Waals surface area contributed by atoms with E-state index in [-0.39, 0.29) is 0 Å². The van der Waals surface area contributed by atoms with Gasteiger partial charge in [-0.1, -0.05) is 86.8 Å². The Kier molecular flexibility index (Phi) is 7.36. The quantitative estimate of drug-likeness (QED) is 0.412. The largest absolute Gasteiger partial charge is 0.372 e. The van der Waals surface area contributed by atoms with Crippen LogP contribution in [0.25, 0.3) is 0 Å². The predicted octanol–water partition coefficient (Wildman–Crippen LogP) is 3.99. The second-order valence-corrected chi connectivity index (χ2v) is 6.04. The van der Waals surface area contributed by atoms with E-state index in [0.29, 0.717) is 11.1 Å². The molecule has 0 atom stereocenters. The van der Waals surface area contributed by atoms with Crippen molar-refractivity contribution in [1.29, 1.82) is 0 Å². The molecular formula is C21H26N2O2. The van der Waals surface area contributed by atoms with Crippen molar-refractivity contribution in [3.8, 4) is 0 Å². The molecule has 4 nitrogen and oxygen atoms in total. The molecule has 0 aliphatic rings. The summed E-state index contributed by atoms with van der Waals surface area (Å²) in [5.41, 5.74) is 1.74. The van der Waals surface area contributed by atoms with Crippen LogP contribution in [0, 0.1) is 0 Å². The summed E-state index contributed by atoms with van der Waals surface area (Å²) in [5, 5.41) is 15.2. The Labute approximate surface area is 149 Å². The van der Waals surface area contributed by atoms with Crippen molar-refractivity contribution < 1.29 is 9.90 Å². The number of hydrazone groups is 1. The van der Waals surface area contributed by atoms with Gasteiger partial charge < -0.3 is 5.11 Å². The molecule has 0 aromatic heterocycles. The van der Waals surface area contributed by atoms with Gasteiger partial charge in [0.05, 0.1) is 0 Å². The molecule has 132 valence electrons.